The third kappa shape index (κ3) is 3.90. The zero-order valence-electron chi connectivity index (χ0n) is 8.90. The number of aliphatic hydroxyl groups is 1. The Morgan fingerprint density at radius 2 is 1.93 bits per heavy atom. The van der Waals surface area contributed by atoms with Crippen molar-refractivity contribution in [1.29, 1.82) is 0 Å². The lowest BCUT2D eigenvalue weighted by atomic mass is 10.0. The van der Waals surface area contributed by atoms with Gasteiger partial charge in [0.05, 0.1) is 0 Å². The molecular weight excluding hydrogens is 174 g/mol. The van der Waals surface area contributed by atoms with Gasteiger partial charge in [0.25, 0.3) is 0 Å². The van der Waals surface area contributed by atoms with Gasteiger partial charge in [-0.15, -0.1) is 0 Å². The van der Waals surface area contributed by atoms with E-state index in [0.29, 0.717) is 6.04 Å². The molecule has 0 saturated carbocycles. The van der Waals surface area contributed by atoms with E-state index in [2.05, 4.69) is 24.4 Å². The van der Waals surface area contributed by atoms with Crippen LogP contribution in [-0.2, 0) is 6.42 Å². The molecule has 1 aromatic carbocycles. The summed E-state index contributed by atoms with van der Waals surface area (Å²) in [7, 11) is 0. The Balaban J connectivity index is 2.48. The lowest BCUT2D eigenvalue weighted by Crippen LogP contribution is -2.37. The van der Waals surface area contributed by atoms with Crippen molar-refractivity contribution in [3.8, 4) is 0 Å². The highest BCUT2D eigenvalue weighted by atomic mass is 16.3. The van der Waals surface area contributed by atoms with Crippen molar-refractivity contribution in [2.75, 3.05) is 0 Å². The second-order valence-corrected chi connectivity index (χ2v) is 3.64. The van der Waals surface area contributed by atoms with Crippen LogP contribution in [-0.4, -0.2) is 17.4 Å². The van der Waals surface area contributed by atoms with Crippen molar-refractivity contribution in [2.24, 2.45) is 0 Å². The molecule has 2 unspecified atom stereocenters. The Morgan fingerprint density at radius 3 is 2.43 bits per heavy atom. The second kappa shape index (κ2) is 5.78. The Morgan fingerprint density at radius 1 is 1.29 bits per heavy atom. The first-order valence-electron chi connectivity index (χ1n) is 5.20. The third-order valence-corrected chi connectivity index (χ3v) is 2.29. The Hall–Kier alpha value is -0.860. The summed E-state index contributed by atoms with van der Waals surface area (Å²) >= 11 is 0. The molecule has 0 amide bonds. The van der Waals surface area contributed by atoms with Crippen LogP contribution in [0.3, 0.4) is 0 Å². The number of hydrogen-bond donors (Lipinski definition) is 2. The summed E-state index contributed by atoms with van der Waals surface area (Å²) in [6.07, 6.45) is 1.57. The number of hydrogen-bond acceptors (Lipinski definition) is 2. The third-order valence-electron chi connectivity index (χ3n) is 2.29. The van der Waals surface area contributed by atoms with E-state index in [1.54, 1.807) is 6.92 Å². The fourth-order valence-electron chi connectivity index (χ4n) is 1.56. The molecule has 2 N–H and O–H groups in total. The van der Waals surface area contributed by atoms with Crippen molar-refractivity contribution in [1.82, 2.24) is 5.32 Å². The van der Waals surface area contributed by atoms with Crippen molar-refractivity contribution in [3.63, 3.8) is 0 Å². The van der Waals surface area contributed by atoms with Gasteiger partial charge in [0.2, 0.25) is 0 Å². The van der Waals surface area contributed by atoms with Gasteiger partial charge >= 0.3 is 0 Å². The van der Waals surface area contributed by atoms with Gasteiger partial charge in [-0.2, -0.15) is 0 Å². The zero-order valence-corrected chi connectivity index (χ0v) is 8.90. The standard InChI is InChI=1S/C12H19NO/c1-3-12(13-10(2)14)9-11-7-5-4-6-8-11/h4-8,10,12-14H,3,9H2,1-2H3. The van der Waals surface area contributed by atoms with Crippen LogP contribution in [0.4, 0.5) is 0 Å². The van der Waals surface area contributed by atoms with Gasteiger partial charge in [0.15, 0.2) is 0 Å². The molecule has 0 saturated heterocycles. The average Bonchev–Trinajstić information content (AvgIpc) is 2.17. The number of nitrogens with one attached hydrogen (secondary N) is 1. The molecular formula is C12H19NO. The van der Waals surface area contributed by atoms with Crippen LogP contribution in [0, 0.1) is 0 Å². The number of aliphatic hydroxyl groups excluding tert-OH is 1. The van der Waals surface area contributed by atoms with E-state index in [-0.39, 0.29) is 0 Å². The Labute approximate surface area is 86.0 Å². The number of rotatable bonds is 5. The molecule has 1 rings (SSSR count). The molecule has 2 nitrogen and oxygen atoms in total. The van der Waals surface area contributed by atoms with Gasteiger partial charge < -0.3 is 5.11 Å². The maximum atomic E-state index is 9.22. The molecule has 0 spiro atoms. The summed E-state index contributed by atoms with van der Waals surface area (Å²) in [6, 6.07) is 10.7. The van der Waals surface area contributed by atoms with E-state index in [1.807, 2.05) is 18.2 Å². The summed E-state index contributed by atoms with van der Waals surface area (Å²) in [5.74, 6) is 0. The molecule has 0 aliphatic carbocycles. The van der Waals surface area contributed by atoms with Crippen molar-refractivity contribution >= 4 is 0 Å². The van der Waals surface area contributed by atoms with Crippen LogP contribution in [0.15, 0.2) is 30.3 Å². The van der Waals surface area contributed by atoms with Crippen LogP contribution >= 0.6 is 0 Å². The van der Waals surface area contributed by atoms with Gasteiger partial charge in [0.1, 0.15) is 6.23 Å². The topological polar surface area (TPSA) is 32.3 Å². The van der Waals surface area contributed by atoms with Gasteiger partial charge in [0, 0.05) is 6.04 Å². The molecule has 0 radical (unpaired) electrons. The van der Waals surface area contributed by atoms with Gasteiger partial charge in [-0.05, 0) is 25.3 Å². The predicted octanol–water partition coefficient (Wildman–Crippen LogP) is 1.94. The molecule has 0 aliphatic rings. The van der Waals surface area contributed by atoms with E-state index in [4.69, 9.17) is 0 Å². The minimum Gasteiger partial charge on any atom is -0.379 e. The highest BCUT2D eigenvalue weighted by molar-refractivity contribution is 5.15. The highest BCUT2D eigenvalue weighted by Gasteiger charge is 2.08. The molecule has 0 fully saturated rings. The maximum Gasteiger partial charge on any atom is 0.102 e. The van der Waals surface area contributed by atoms with Gasteiger partial charge in [-0.1, -0.05) is 37.3 Å². The number of benzene rings is 1. The molecule has 78 valence electrons. The molecule has 14 heavy (non-hydrogen) atoms. The molecule has 1 aromatic rings. The lowest BCUT2D eigenvalue weighted by Gasteiger charge is -2.18. The van der Waals surface area contributed by atoms with Gasteiger partial charge in [-0.25, -0.2) is 0 Å². The highest BCUT2D eigenvalue weighted by Crippen LogP contribution is 2.05. The summed E-state index contributed by atoms with van der Waals surface area (Å²) in [6.45, 7) is 3.89. The summed E-state index contributed by atoms with van der Waals surface area (Å²) < 4.78 is 0. The average molecular weight is 193 g/mol. The predicted molar refractivity (Wildman–Crippen MR) is 59.0 cm³/mol. The van der Waals surface area contributed by atoms with Crippen LogP contribution in [0.1, 0.15) is 25.8 Å². The normalized spacial score (nSPS) is 15.1. The Kier molecular flexibility index (Phi) is 4.63. The summed E-state index contributed by atoms with van der Waals surface area (Å²) in [5, 5.41) is 12.4. The zero-order chi connectivity index (χ0) is 10.4. The van der Waals surface area contributed by atoms with Crippen LogP contribution in [0.5, 0.6) is 0 Å². The Bertz CT molecular complexity index is 246. The quantitative estimate of drug-likeness (QED) is 0.700. The minimum absolute atomic E-state index is 0.359. The second-order valence-electron chi connectivity index (χ2n) is 3.64. The van der Waals surface area contributed by atoms with E-state index in [1.165, 1.54) is 5.56 Å². The van der Waals surface area contributed by atoms with Crippen LogP contribution in [0.25, 0.3) is 0 Å². The largest absolute Gasteiger partial charge is 0.379 e. The minimum atomic E-state index is -0.427. The summed E-state index contributed by atoms with van der Waals surface area (Å²) in [5.41, 5.74) is 1.31. The first-order valence-corrected chi connectivity index (χ1v) is 5.20. The molecule has 0 aromatic heterocycles. The molecule has 2 heteroatoms. The maximum absolute atomic E-state index is 9.22. The van der Waals surface area contributed by atoms with Crippen LogP contribution < -0.4 is 5.32 Å². The van der Waals surface area contributed by atoms with Gasteiger partial charge in [-0.3, -0.25) is 5.32 Å². The summed E-state index contributed by atoms with van der Waals surface area (Å²) in [4.78, 5) is 0. The lowest BCUT2D eigenvalue weighted by molar-refractivity contribution is 0.139. The van der Waals surface area contributed by atoms with Crippen molar-refractivity contribution in [3.05, 3.63) is 35.9 Å². The first-order chi connectivity index (χ1) is 6.72. The monoisotopic (exact) mass is 193 g/mol. The molecule has 2 atom stereocenters. The smallest absolute Gasteiger partial charge is 0.102 e. The fourth-order valence-corrected chi connectivity index (χ4v) is 1.56. The van der Waals surface area contributed by atoms with Crippen molar-refractivity contribution < 1.29 is 5.11 Å². The van der Waals surface area contributed by atoms with Crippen molar-refractivity contribution in [2.45, 2.75) is 39.0 Å². The molecule has 0 bridgehead atoms. The van der Waals surface area contributed by atoms with E-state index in [9.17, 15) is 5.11 Å². The van der Waals surface area contributed by atoms with E-state index >= 15 is 0 Å². The SMILES string of the molecule is CCC(Cc1ccccc1)NC(C)O. The van der Waals surface area contributed by atoms with E-state index < -0.39 is 6.23 Å². The molecule has 0 heterocycles. The fraction of sp³-hybridized carbons (Fsp3) is 0.500. The first kappa shape index (κ1) is 11.2. The van der Waals surface area contributed by atoms with Crippen LogP contribution in [0.2, 0.25) is 0 Å². The van der Waals surface area contributed by atoms with E-state index in [0.717, 1.165) is 12.8 Å². The molecule has 0 aliphatic heterocycles.